The summed E-state index contributed by atoms with van der Waals surface area (Å²) < 4.78 is 41.7. The Bertz CT molecular complexity index is 422. The Labute approximate surface area is 109 Å². The van der Waals surface area contributed by atoms with E-state index in [1.807, 2.05) is 0 Å². The maximum Gasteiger partial charge on any atom is 0.389 e. The average Bonchev–Trinajstić information content (AvgIpc) is 2.95. The highest BCUT2D eigenvalue weighted by Crippen LogP contribution is 2.37. The van der Waals surface area contributed by atoms with Gasteiger partial charge in [-0.25, -0.2) is 0 Å². The molecule has 0 radical (unpaired) electrons. The van der Waals surface area contributed by atoms with Gasteiger partial charge in [0.1, 0.15) is 0 Å². The molecule has 1 atom stereocenters. The van der Waals surface area contributed by atoms with Crippen LogP contribution in [-0.4, -0.2) is 29.4 Å². The van der Waals surface area contributed by atoms with Crippen molar-refractivity contribution in [2.24, 2.45) is 5.92 Å². The molecule has 19 heavy (non-hydrogen) atoms. The molecule has 0 saturated carbocycles. The van der Waals surface area contributed by atoms with Crippen LogP contribution < -0.4 is 5.32 Å². The van der Waals surface area contributed by atoms with Crippen molar-refractivity contribution in [3.05, 3.63) is 11.7 Å². The minimum absolute atomic E-state index is 0.138. The van der Waals surface area contributed by atoms with E-state index in [-0.39, 0.29) is 17.7 Å². The van der Waals surface area contributed by atoms with Gasteiger partial charge in [-0.05, 0) is 18.9 Å². The first kappa shape index (κ1) is 14.3. The second-order valence-corrected chi connectivity index (χ2v) is 5.37. The number of alkyl halides is 3. The Hall–Kier alpha value is -1.11. The Morgan fingerprint density at radius 3 is 2.68 bits per heavy atom. The fourth-order valence-electron chi connectivity index (χ4n) is 2.44. The summed E-state index contributed by atoms with van der Waals surface area (Å²) in [6, 6.07) is 0. The van der Waals surface area contributed by atoms with Crippen LogP contribution in [0.3, 0.4) is 0 Å². The van der Waals surface area contributed by atoms with Gasteiger partial charge in [0.15, 0.2) is 5.82 Å². The van der Waals surface area contributed by atoms with Crippen molar-refractivity contribution < 1.29 is 17.7 Å². The first-order chi connectivity index (χ1) is 8.83. The Balaban J connectivity index is 2.11. The molecule has 1 saturated heterocycles. The van der Waals surface area contributed by atoms with E-state index in [4.69, 9.17) is 4.52 Å². The lowest BCUT2D eigenvalue weighted by Crippen LogP contribution is -2.35. The number of hydrogen-bond donors (Lipinski definition) is 1. The molecule has 1 aromatic rings. The zero-order chi connectivity index (χ0) is 14.1. The zero-order valence-electron chi connectivity index (χ0n) is 11.0. The van der Waals surface area contributed by atoms with Crippen LogP contribution in [0.1, 0.15) is 38.4 Å². The van der Waals surface area contributed by atoms with E-state index < -0.39 is 12.6 Å². The third-order valence-corrected chi connectivity index (χ3v) is 3.82. The highest BCUT2D eigenvalue weighted by Gasteiger charge is 2.43. The van der Waals surface area contributed by atoms with Crippen molar-refractivity contribution in [2.75, 3.05) is 13.1 Å². The second-order valence-electron chi connectivity index (χ2n) is 5.37. The molecular formula is C12H18F3N3O. The van der Waals surface area contributed by atoms with Crippen LogP contribution in [0.5, 0.6) is 0 Å². The van der Waals surface area contributed by atoms with E-state index >= 15 is 0 Å². The summed E-state index contributed by atoms with van der Waals surface area (Å²) in [4.78, 5) is 4.17. The number of nitrogens with one attached hydrogen (secondary N) is 1. The summed E-state index contributed by atoms with van der Waals surface area (Å²) in [7, 11) is 0. The quantitative estimate of drug-likeness (QED) is 0.918. The monoisotopic (exact) mass is 277 g/mol. The predicted octanol–water partition coefficient (Wildman–Crippen LogP) is 2.45. The summed E-state index contributed by atoms with van der Waals surface area (Å²) in [5.41, 5.74) is -0.247. The van der Waals surface area contributed by atoms with Crippen LogP contribution in [0.2, 0.25) is 0 Å². The van der Waals surface area contributed by atoms with Crippen molar-refractivity contribution >= 4 is 0 Å². The molecular weight excluding hydrogens is 259 g/mol. The molecule has 4 nitrogen and oxygen atoms in total. The zero-order valence-corrected chi connectivity index (χ0v) is 11.0. The Morgan fingerprint density at radius 1 is 1.42 bits per heavy atom. The van der Waals surface area contributed by atoms with Gasteiger partial charge < -0.3 is 9.84 Å². The van der Waals surface area contributed by atoms with E-state index in [2.05, 4.69) is 29.3 Å². The molecule has 108 valence electrons. The maximum atomic E-state index is 12.2. The largest absolute Gasteiger partial charge is 0.389 e. The molecule has 1 fully saturated rings. The highest BCUT2D eigenvalue weighted by atomic mass is 19.4. The number of aromatic nitrogens is 2. The van der Waals surface area contributed by atoms with Crippen LogP contribution >= 0.6 is 0 Å². The minimum Gasteiger partial charge on any atom is -0.339 e. The second kappa shape index (κ2) is 5.11. The molecule has 0 amide bonds. The van der Waals surface area contributed by atoms with Crippen molar-refractivity contribution in [3.63, 3.8) is 0 Å². The van der Waals surface area contributed by atoms with Crippen molar-refractivity contribution in [1.82, 2.24) is 15.5 Å². The van der Waals surface area contributed by atoms with Crippen molar-refractivity contribution in [3.8, 4) is 0 Å². The molecule has 0 bridgehead atoms. The van der Waals surface area contributed by atoms with Crippen LogP contribution in [0.15, 0.2) is 4.52 Å². The van der Waals surface area contributed by atoms with Gasteiger partial charge in [-0.15, -0.1) is 0 Å². The molecule has 1 aliphatic heterocycles. The van der Waals surface area contributed by atoms with Crippen molar-refractivity contribution in [2.45, 2.75) is 44.7 Å². The number of hydrogen-bond acceptors (Lipinski definition) is 4. The SMILES string of the molecule is CC(C)C1(c2nc(CCC(F)(F)F)no2)CCNC1. The van der Waals surface area contributed by atoms with Gasteiger partial charge in [-0.3, -0.25) is 0 Å². The summed E-state index contributed by atoms with van der Waals surface area (Å²) in [5.74, 6) is 0.891. The number of nitrogens with zero attached hydrogens (tertiary/aromatic N) is 2. The lowest BCUT2D eigenvalue weighted by atomic mass is 9.76. The third kappa shape index (κ3) is 3.08. The van der Waals surface area contributed by atoms with E-state index in [0.29, 0.717) is 11.8 Å². The normalized spacial score (nSPS) is 24.3. The number of aryl methyl sites for hydroxylation is 1. The molecule has 0 aliphatic carbocycles. The fraction of sp³-hybridized carbons (Fsp3) is 0.833. The summed E-state index contributed by atoms with van der Waals surface area (Å²) in [5, 5.41) is 6.93. The maximum absolute atomic E-state index is 12.2. The van der Waals surface area contributed by atoms with Gasteiger partial charge >= 0.3 is 6.18 Å². The lowest BCUT2D eigenvalue weighted by molar-refractivity contribution is -0.134. The van der Waals surface area contributed by atoms with Gasteiger partial charge in [-0.1, -0.05) is 19.0 Å². The molecule has 0 spiro atoms. The van der Waals surface area contributed by atoms with Gasteiger partial charge in [-0.2, -0.15) is 18.2 Å². The highest BCUT2D eigenvalue weighted by molar-refractivity contribution is 5.11. The van der Waals surface area contributed by atoms with Crippen molar-refractivity contribution in [1.29, 1.82) is 0 Å². The van der Waals surface area contributed by atoms with E-state index in [1.54, 1.807) is 0 Å². The average molecular weight is 277 g/mol. The molecule has 1 aliphatic rings. The van der Waals surface area contributed by atoms with Gasteiger partial charge in [0.2, 0.25) is 5.89 Å². The van der Waals surface area contributed by atoms with Gasteiger partial charge in [0, 0.05) is 13.0 Å². The molecule has 7 heteroatoms. The smallest absolute Gasteiger partial charge is 0.339 e. The topological polar surface area (TPSA) is 51.0 Å². The van der Waals surface area contributed by atoms with Crippen LogP contribution in [-0.2, 0) is 11.8 Å². The summed E-state index contributed by atoms with van der Waals surface area (Å²) in [6.07, 6.45) is -4.47. The molecule has 0 aromatic carbocycles. The predicted molar refractivity (Wildman–Crippen MR) is 62.7 cm³/mol. The van der Waals surface area contributed by atoms with Gasteiger partial charge in [0.25, 0.3) is 0 Å². The van der Waals surface area contributed by atoms with Crippen LogP contribution in [0.4, 0.5) is 13.2 Å². The van der Waals surface area contributed by atoms with E-state index in [1.165, 1.54) is 0 Å². The van der Waals surface area contributed by atoms with E-state index in [0.717, 1.165) is 19.5 Å². The molecule has 1 unspecified atom stereocenters. The molecule has 2 heterocycles. The minimum atomic E-state index is -4.19. The molecule has 1 N–H and O–H groups in total. The molecule has 1 aromatic heterocycles. The standard InChI is InChI=1S/C12H18F3N3O/c1-8(2)11(5-6-16-7-11)10-17-9(18-19-10)3-4-12(13,14)15/h8,16H,3-7H2,1-2H3. The molecule has 2 rings (SSSR count). The fourth-order valence-corrected chi connectivity index (χ4v) is 2.44. The Morgan fingerprint density at radius 2 is 2.16 bits per heavy atom. The number of rotatable bonds is 4. The Kier molecular flexibility index (Phi) is 3.85. The van der Waals surface area contributed by atoms with Crippen LogP contribution in [0, 0.1) is 5.92 Å². The first-order valence-corrected chi connectivity index (χ1v) is 6.44. The summed E-state index contributed by atoms with van der Waals surface area (Å²) >= 11 is 0. The number of halogens is 3. The third-order valence-electron chi connectivity index (χ3n) is 3.82. The summed E-state index contributed by atoms with van der Waals surface area (Å²) in [6.45, 7) is 5.71. The first-order valence-electron chi connectivity index (χ1n) is 6.44. The van der Waals surface area contributed by atoms with Gasteiger partial charge in [0.05, 0.1) is 11.8 Å². The lowest BCUT2D eigenvalue weighted by Gasteiger charge is -2.28. The van der Waals surface area contributed by atoms with E-state index in [9.17, 15) is 13.2 Å². The van der Waals surface area contributed by atoms with Crippen LogP contribution in [0.25, 0.3) is 0 Å².